The smallest absolute Gasteiger partial charge is 0.312 e. The molecule has 1 aliphatic heterocycles. The van der Waals surface area contributed by atoms with Gasteiger partial charge in [0.15, 0.2) is 0 Å². The Bertz CT molecular complexity index is 458. The highest BCUT2D eigenvalue weighted by Crippen LogP contribution is 2.37. The van der Waals surface area contributed by atoms with Crippen LogP contribution in [0.3, 0.4) is 0 Å². The molecule has 0 fully saturated rings. The molecule has 1 aliphatic rings. The Kier molecular flexibility index (Phi) is 5.05. The van der Waals surface area contributed by atoms with Crippen molar-refractivity contribution in [3.63, 3.8) is 0 Å². The molecule has 0 spiro atoms. The van der Waals surface area contributed by atoms with Crippen molar-refractivity contribution < 1.29 is 9.90 Å². The SMILES string of the molecule is CCCCC(CC)CN1CC(C(=O)O)c2ccccc21. The predicted octanol–water partition coefficient (Wildman–Crippen LogP) is 3.89. The molecule has 0 amide bonds. The Morgan fingerprint density at radius 1 is 1.40 bits per heavy atom. The van der Waals surface area contributed by atoms with Crippen LogP contribution in [-0.2, 0) is 4.79 Å². The highest BCUT2D eigenvalue weighted by molar-refractivity contribution is 5.82. The van der Waals surface area contributed by atoms with Gasteiger partial charge < -0.3 is 10.0 Å². The zero-order valence-electron chi connectivity index (χ0n) is 12.5. The van der Waals surface area contributed by atoms with E-state index in [1.54, 1.807) is 0 Å². The van der Waals surface area contributed by atoms with Gasteiger partial charge in [0, 0.05) is 18.8 Å². The first-order chi connectivity index (χ1) is 9.67. The van der Waals surface area contributed by atoms with Crippen molar-refractivity contribution in [2.45, 2.75) is 45.4 Å². The molecule has 0 aromatic heterocycles. The second-order valence-electron chi connectivity index (χ2n) is 5.77. The number of fused-ring (bicyclic) bond motifs is 1. The number of carboxylic acids is 1. The van der Waals surface area contributed by atoms with Crippen molar-refractivity contribution in [2.75, 3.05) is 18.0 Å². The van der Waals surface area contributed by atoms with Gasteiger partial charge in [-0.3, -0.25) is 4.79 Å². The van der Waals surface area contributed by atoms with Crippen molar-refractivity contribution in [1.29, 1.82) is 0 Å². The van der Waals surface area contributed by atoms with Crippen molar-refractivity contribution in [3.05, 3.63) is 29.8 Å². The molecule has 2 unspecified atom stereocenters. The second kappa shape index (κ2) is 6.78. The van der Waals surface area contributed by atoms with Gasteiger partial charge in [-0.2, -0.15) is 0 Å². The van der Waals surface area contributed by atoms with Crippen LogP contribution in [-0.4, -0.2) is 24.2 Å². The van der Waals surface area contributed by atoms with Crippen LogP contribution in [0.1, 0.15) is 51.0 Å². The summed E-state index contributed by atoms with van der Waals surface area (Å²) >= 11 is 0. The molecule has 2 rings (SSSR count). The minimum atomic E-state index is -0.707. The van der Waals surface area contributed by atoms with Crippen molar-refractivity contribution in [2.24, 2.45) is 5.92 Å². The summed E-state index contributed by atoms with van der Waals surface area (Å²) in [6.45, 7) is 6.06. The summed E-state index contributed by atoms with van der Waals surface area (Å²) in [7, 11) is 0. The molecular formula is C17H25NO2. The number of para-hydroxylation sites is 1. The summed E-state index contributed by atoms with van der Waals surface area (Å²) in [5, 5.41) is 9.38. The largest absolute Gasteiger partial charge is 0.481 e. The molecule has 3 nitrogen and oxygen atoms in total. The first-order valence-electron chi connectivity index (χ1n) is 7.74. The number of nitrogens with zero attached hydrogens (tertiary/aromatic N) is 1. The standard InChI is InChI=1S/C17H25NO2/c1-3-5-8-13(4-2)11-18-12-15(17(19)20)14-9-6-7-10-16(14)18/h6-7,9-10,13,15H,3-5,8,11-12H2,1-2H3,(H,19,20). The summed E-state index contributed by atoms with van der Waals surface area (Å²) in [5.41, 5.74) is 2.10. The fourth-order valence-electron chi connectivity index (χ4n) is 3.10. The number of anilines is 1. The van der Waals surface area contributed by atoms with E-state index in [2.05, 4.69) is 24.8 Å². The van der Waals surface area contributed by atoms with E-state index in [9.17, 15) is 9.90 Å². The van der Waals surface area contributed by atoms with Crippen molar-refractivity contribution in [3.8, 4) is 0 Å². The van der Waals surface area contributed by atoms with Gasteiger partial charge in [-0.1, -0.05) is 51.3 Å². The van der Waals surface area contributed by atoms with E-state index in [-0.39, 0.29) is 5.92 Å². The zero-order valence-corrected chi connectivity index (χ0v) is 12.5. The second-order valence-corrected chi connectivity index (χ2v) is 5.77. The van der Waals surface area contributed by atoms with Gasteiger partial charge in [0.2, 0.25) is 0 Å². The molecule has 1 heterocycles. The minimum absolute atomic E-state index is 0.366. The molecule has 110 valence electrons. The molecule has 1 N–H and O–H groups in total. The number of carbonyl (C=O) groups is 1. The van der Waals surface area contributed by atoms with E-state index in [1.807, 2.05) is 18.2 Å². The van der Waals surface area contributed by atoms with Gasteiger partial charge in [-0.25, -0.2) is 0 Å². The summed E-state index contributed by atoms with van der Waals surface area (Å²) in [4.78, 5) is 13.7. The number of unbranched alkanes of at least 4 members (excludes halogenated alkanes) is 1. The van der Waals surface area contributed by atoms with E-state index >= 15 is 0 Å². The minimum Gasteiger partial charge on any atom is -0.481 e. The van der Waals surface area contributed by atoms with Crippen LogP contribution in [0.5, 0.6) is 0 Å². The molecule has 20 heavy (non-hydrogen) atoms. The van der Waals surface area contributed by atoms with Crippen LogP contribution in [0.4, 0.5) is 5.69 Å². The molecule has 0 saturated carbocycles. The van der Waals surface area contributed by atoms with E-state index in [4.69, 9.17) is 0 Å². The monoisotopic (exact) mass is 275 g/mol. The van der Waals surface area contributed by atoms with Crippen molar-refractivity contribution >= 4 is 11.7 Å². The van der Waals surface area contributed by atoms with Gasteiger partial charge in [0.05, 0.1) is 0 Å². The van der Waals surface area contributed by atoms with Gasteiger partial charge in [-0.15, -0.1) is 0 Å². The first kappa shape index (κ1) is 14.9. The molecule has 1 aromatic rings. The Balaban J connectivity index is 2.11. The maximum atomic E-state index is 11.4. The molecule has 0 aliphatic carbocycles. The lowest BCUT2D eigenvalue weighted by Crippen LogP contribution is -2.29. The fraction of sp³-hybridized carbons (Fsp3) is 0.588. The Labute approximate surface area is 121 Å². The number of hydrogen-bond acceptors (Lipinski definition) is 2. The lowest BCUT2D eigenvalue weighted by Gasteiger charge is -2.25. The zero-order chi connectivity index (χ0) is 14.5. The number of carboxylic acid groups (broad SMARTS) is 1. The van der Waals surface area contributed by atoms with Crippen LogP contribution in [0.25, 0.3) is 0 Å². The van der Waals surface area contributed by atoms with E-state index < -0.39 is 5.97 Å². The molecule has 3 heteroatoms. The molecule has 0 saturated heterocycles. The van der Waals surface area contributed by atoms with E-state index in [0.29, 0.717) is 12.5 Å². The highest BCUT2D eigenvalue weighted by Gasteiger charge is 2.33. The van der Waals surface area contributed by atoms with Crippen LogP contribution in [0.15, 0.2) is 24.3 Å². The summed E-state index contributed by atoms with van der Waals surface area (Å²) in [5.74, 6) is -0.410. The van der Waals surface area contributed by atoms with E-state index in [0.717, 1.165) is 24.2 Å². The van der Waals surface area contributed by atoms with Crippen LogP contribution in [0, 0.1) is 5.92 Å². The van der Waals surface area contributed by atoms with Gasteiger partial charge in [0.25, 0.3) is 0 Å². The Morgan fingerprint density at radius 3 is 2.80 bits per heavy atom. The Morgan fingerprint density at radius 2 is 2.15 bits per heavy atom. The topological polar surface area (TPSA) is 40.5 Å². The fourth-order valence-corrected chi connectivity index (χ4v) is 3.10. The van der Waals surface area contributed by atoms with Crippen LogP contribution < -0.4 is 4.90 Å². The third-order valence-corrected chi connectivity index (χ3v) is 4.38. The average molecular weight is 275 g/mol. The van der Waals surface area contributed by atoms with E-state index in [1.165, 1.54) is 19.3 Å². The lowest BCUT2D eigenvalue weighted by molar-refractivity contribution is -0.138. The van der Waals surface area contributed by atoms with Gasteiger partial charge >= 0.3 is 5.97 Å². The average Bonchev–Trinajstić information content (AvgIpc) is 2.82. The summed E-state index contributed by atoms with van der Waals surface area (Å²) < 4.78 is 0. The first-order valence-corrected chi connectivity index (χ1v) is 7.74. The highest BCUT2D eigenvalue weighted by atomic mass is 16.4. The summed E-state index contributed by atoms with van der Waals surface area (Å²) in [6.07, 6.45) is 4.89. The van der Waals surface area contributed by atoms with Gasteiger partial charge in [0.1, 0.15) is 5.92 Å². The lowest BCUT2D eigenvalue weighted by atomic mass is 9.98. The number of benzene rings is 1. The maximum Gasteiger partial charge on any atom is 0.312 e. The Hall–Kier alpha value is -1.51. The number of aliphatic carboxylic acids is 1. The van der Waals surface area contributed by atoms with Gasteiger partial charge in [-0.05, 0) is 24.0 Å². The number of hydrogen-bond donors (Lipinski definition) is 1. The van der Waals surface area contributed by atoms with Crippen LogP contribution in [0.2, 0.25) is 0 Å². The molecule has 0 radical (unpaired) electrons. The molecule has 1 aromatic carbocycles. The number of rotatable bonds is 7. The maximum absolute atomic E-state index is 11.4. The normalized spacial score (nSPS) is 18.9. The third-order valence-electron chi connectivity index (χ3n) is 4.38. The third kappa shape index (κ3) is 3.14. The summed E-state index contributed by atoms with van der Waals surface area (Å²) in [6, 6.07) is 7.96. The quantitative estimate of drug-likeness (QED) is 0.820. The molecule has 0 bridgehead atoms. The van der Waals surface area contributed by atoms with Crippen LogP contribution >= 0.6 is 0 Å². The van der Waals surface area contributed by atoms with Crippen molar-refractivity contribution in [1.82, 2.24) is 0 Å². The molecule has 2 atom stereocenters. The molecular weight excluding hydrogens is 250 g/mol. The predicted molar refractivity (Wildman–Crippen MR) is 82.3 cm³/mol.